The number of esters is 1. The van der Waals surface area contributed by atoms with E-state index in [1.165, 1.54) is 6.92 Å². The quantitative estimate of drug-likeness (QED) is 0.576. The second kappa shape index (κ2) is 5.58. The number of hydrogen-bond acceptors (Lipinski definition) is 2. The number of carbonyl (C=O) groups is 1. The highest BCUT2D eigenvalue weighted by Crippen LogP contribution is 2.54. The van der Waals surface area contributed by atoms with Crippen LogP contribution in [-0.4, -0.2) is 24.4 Å². The molecule has 0 heterocycles. The minimum atomic E-state index is -5.58. The van der Waals surface area contributed by atoms with Crippen LogP contribution in [0.25, 0.3) is 0 Å². The van der Waals surface area contributed by atoms with Gasteiger partial charge in [-0.1, -0.05) is 20.8 Å². The fourth-order valence-corrected chi connectivity index (χ4v) is 1.63. The van der Waals surface area contributed by atoms with Crippen LogP contribution in [0.2, 0.25) is 0 Å². The molecule has 0 radical (unpaired) electrons. The molecule has 8 heteroatoms. The standard InChI is InChI=1S/C11H16F6O2/c1-5-7(18)19-8(6(2)3)9(4,10(12,13)14)11(15,16)17/h6,8H,5H2,1-4H3. The van der Waals surface area contributed by atoms with E-state index >= 15 is 0 Å². The van der Waals surface area contributed by atoms with Crippen LogP contribution in [0, 0.1) is 11.3 Å². The van der Waals surface area contributed by atoms with Gasteiger partial charge in [0.25, 0.3) is 0 Å². The van der Waals surface area contributed by atoms with Crippen molar-refractivity contribution < 1.29 is 35.9 Å². The van der Waals surface area contributed by atoms with Gasteiger partial charge in [-0.25, -0.2) is 0 Å². The maximum Gasteiger partial charge on any atom is 0.406 e. The molecule has 0 N–H and O–H groups in total. The Kier molecular flexibility index (Phi) is 5.30. The molecule has 2 nitrogen and oxygen atoms in total. The van der Waals surface area contributed by atoms with Gasteiger partial charge in [-0.3, -0.25) is 4.79 Å². The summed E-state index contributed by atoms with van der Waals surface area (Å²) in [4.78, 5) is 11.1. The molecule has 0 aliphatic heterocycles. The number of alkyl halides is 6. The zero-order valence-electron chi connectivity index (χ0n) is 10.9. The van der Waals surface area contributed by atoms with Crippen molar-refractivity contribution in [1.82, 2.24) is 0 Å². The van der Waals surface area contributed by atoms with Crippen molar-refractivity contribution >= 4 is 5.97 Å². The average Bonchev–Trinajstić information content (AvgIpc) is 2.20. The molecule has 0 fully saturated rings. The maximum absolute atomic E-state index is 12.9. The minimum Gasteiger partial charge on any atom is -0.461 e. The molecule has 1 atom stereocenters. The van der Waals surface area contributed by atoms with Crippen molar-refractivity contribution in [3.63, 3.8) is 0 Å². The summed E-state index contributed by atoms with van der Waals surface area (Å²) in [6, 6.07) is 0. The predicted octanol–water partition coefficient (Wildman–Crippen LogP) is 4.10. The number of ether oxygens (including phenoxy) is 1. The van der Waals surface area contributed by atoms with E-state index in [-0.39, 0.29) is 13.3 Å². The average molecular weight is 294 g/mol. The third kappa shape index (κ3) is 3.54. The SMILES string of the molecule is CCC(=O)OC(C(C)C)C(C)(C(F)(F)F)C(F)(F)F. The molecule has 114 valence electrons. The van der Waals surface area contributed by atoms with Gasteiger partial charge in [0.15, 0.2) is 5.41 Å². The lowest BCUT2D eigenvalue weighted by Gasteiger charge is -2.41. The van der Waals surface area contributed by atoms with Gasteiger partial charge in [0, 0.05) is 6.42 Å². The maximum atomic E-state index is 12.9. The lowest BCUT2D eigenvalue weighted by Crippen LogP contribution is -2.58. The molecule has 19 heavy (non-hydrogen) atoms. The van der Waals surface area contributed by atoms with Crippen LogP contribution in [0.4, 0.5) is 26.3 Å². The predicted molar refractivity (Wildman–Crippen MR) is 55.2 cm³/mol. The largest absolute Gasteiger partial charge is 0.461 e. The fraction of sp³-hybridized carbons (Fsp3) is 0.909. The fourth-order valence-electron chi connectivity index (χ4n) is 1.63. The molecule has 0 aromatic heterocycles. The molecular formula is C11H16F6O2. The molecule has 0 aliphatic rings. The molecule has 1 unspecified atom stereocenters. The van der Waals surface area contributed by atoms with Gasteiger partial charge in [0.2, 0.25) is 0 Å². The Hall–Kier alpha value is -0.950. The first-order valence-electron chi connectivity index (χ1n) is 5.62. The molecule has 0 rings (SSSR count). The smallest absolute Gasteiger partial charge is 0.406 e. The van der Waals surface area contributed by atoms with E-state index in [2.05, 4.69) is 4.74 Å². The molecule has 0 saturated heterocycles. The van der Waals surface area contributed by atoms with Gasteiger partial charge in [0.05, 0.1) is 0 Å². The summed E-state index contributed by atoms with van der Waals surface area (Å²) in [5.41, 5.74) is -4.10. The zero-order chi connectivity index (χ0) is 15.6. The van der Waals surface area contributed by atoms with E-state index in [4.69, 9.17) is 0 Å². The summed E-state index contributed by atoms with van der Waals surface area (Å²) in [6.07, 6.45) is -13.8. The van der Waals surface area contributed by atoms with Crippen molar-refractivity contribution in [3.8, 4) is 0 Å². The molecule has 0 aromatic carbocycles. The normalized spacial score (nSPS) is 15.5. The van der Waals surface area contributed by atoms with E-state index in [1.807, 2.05) is 0 Å². The Morgan fingerprint density at radius 1 is 1.05 bits per heavy atom. The molecular weight excluding hydrogens is 278 g/mol. The van der Waals surface area contributed by atoms with Crippen molar-refractivity contribution in [2.45, 2.75) is 52.6 Å². The summed E-state index contributed by atoms with van der Waals surface area (Å²) in [7, 11) is 0. The molecule has 0 spiro atoms. The topological polar surface area (TPSA) is 26.3 Å². The van der Waals surface area contributed by atoms with Crippen LogP contribution < -0.4 is 0 Å². The number of halogens is 6. The van der Waals surface area contributed by atoms with Gasteiger partial charge in [-0.05, 0) is 12.8 Å². The Morgan fingerprint density at radius 3 is 1.63 bits per heavy atom. The van der Waals surface area contributed by atoms with E-state index in [0.717, 1.165) is 13.8 Å². The Bertz CT molecular complexity index is 304. The van der Waals surface area contributed by atoms with E-state index in [1.54, 1.807) is 0 Å². The summed E-state index contributed by atoms with van der Waals surface area (Å²) in [5, 5.41) is 0. The summed E-state index contributed by atoms with van der Waals surface area (Å²) in [5.74, 6) is -2.23. The van der Waals surface area contributed by atoms with Crippen LogP contribution in [-0.2, 0) is 9.53 Å². The third-order valence-corrected chi connectivity index (χ3v) is 2.90. The summed E-state index contributed by atoms with van der Waals surface area (Å²) < 4.78 is 81.5. The molecule has 0 amide bonds. The number of rotatable bonds is 4. The van der Waals surface area contributed by atoms with E-state index in [9.17, 15) is 31.1 Å². The monoisotopic (exact) mass is 294 g/mol. The zero-order valence-corrected chi connectivity index (χ0v) is 10.9. The second-order valence-electron chi connectivity index (χ2n) is 4.71. The van der Waals surface area contributed by atoms with Crippen LogP contribution in [0.1, 0.15) is 34.1 Å². The van der Waals surface area contributed by atoms with Crippen molar-refractivity contribution in [1.29, 1.82) is 0 Å². The van der Waals surface area contributed by atoms with Crippen LogP contribution >= 0.6 is 0 Å². The van der Waals surface area contributed by atoms with Gasteiger partial charge in [-0.2, -0.15) is 26.3 Å². The first kappa shape index (κ1) is 18.0. The second-order valence-corrected chi connectivity index (χ2v) is 4.71. The van der Waals surface area contributed by atoms with E-state index < -0.39 is 35.8 Å². The first-order valence-corrected chi connectivity index (χ1v) is 5.62. The minimum absolute atomic E-state index is 0.0145. The first-order chi connectivity index (χ1) is 8.29. The third-order valence-electron chi connectivity index (χ3n) is 2.90. The molecule has 0 saturated carbocycles. The van der Waals surface area contributed by atoms with Crippen LogP contribution in [0.3, 0.4) is 0 Å². The van der Waals surface area contributed by atoms with Gasteiger partial charge >= 0.3 is 18.3 Å². The lowest BCUT2D eigenvalue weighted by atomic mass is 9.77. The van der Waals surface area contributed by atoms with Crippen molar-refractivity contribution in [3.05, 3.63) is 0 Å². The van der Waals surface area contributed by atoms with E-state index in [0.29, 0.717) is 0 Å². The highest BCUT2D eigenvalue weighted by atomic mass is 19.4. The van der Waals surface area contributed by atoms with Gasteiger partial charge in [0.1, 0.15) is 6.10 Å². The molecule has 0 aliphatic carbocycles. The Balaban J connectivity index is 5.73. The van der Waals surface area contributed by atoms with Crippen LogP contribution in [0.15, 0.2) is 0 Å². The summed E-state index contributed by atoms with van der Waals surface area (Å²) in [6.45, 7) is 3.59. The summed E-state index contributed by atoms with van der Waals surface area (Å²) >= 11 is 0. The lowest BCUT2D eigenvalue weighted by molar-refractivity contribution is -0.363. The Labute approximate surface area is 107 Å². The Morgan fingerprint density at radius 2 is 1.42 bits per heavy atom. The highest BCUT2D eigenvalue weighted by molar-refractivity contribution is 5.69. The number of hydrogen-bond donors (Lipinski definition) is 0. The van der Waals surface area contributed by atoms with Gasteiger partial charge < -0.3 is 4.74 Å². The highest BCUT2D eigenvalue weighted by Gasteiger charge is 2.72. The molecule has 0 bridgehead atoms. The van der Waals surface area contributed by atoms with Crippen molar-refractivity contribution in [2.24, 2.45) is 11.3 Å². The van der Waals surface area contributed by atoms with Crippen LogP contribution in [0.5, 0.6) is 0 Å². The van der Waals surface area contributed by atoms with Gasteiger partial charge in [-0.15, -0.1) is 0 Å². The number of carbonyl (C=O) groups excluding carboxylic acids is 1. The molecule has 0 aromatic rings. The van der Waals surface area contributed by atoms with Crippen molar-refractivity contribution in [2.75, 3.05) is 0 Å².